The number of carboxylic acids is 1. The van der Waals surface area contributed by atoms with E-state index < -0.39 is 95.3 Å². The molecule has 340 valence electrons. The van der Waals surface area contributed by atoms with E-state index in [4.69, 9.17) is 10.5 Å². The summed E-state index contributed by atoms with van der Waals surface area (Å²) >= 11 is 0. The summed E-state index contributed by atoms with van der Waals surface area (Å²) in [4.78, 5) is 124. The van der Waals surface area contributed by atoms with Crippen molar-refractivity contribution in [3.63, 3.8) is 0 Å². The minimum absolute atomic E-state index is 0.0266. The zero-order chi connectivity index (χ0) is 45.6. The second-order valence-electron chi connectivity index (χ2n) is 17.6. The maximum atomic E-state index is 14.5. The van der Waals surface area contributed by atoms with Gasteiger partial charge < -0.3 is 41.7 Å². The van der Waals surface area contributed by atoms with Crippen molar-refractivity contribution >= 4 is 53.2 Å². The quantitative estimate of drug-likeness (QED) is 0.0862. The van der Waals surface area contributed by atoms with Gasteiger partial charge >= 0.3 is 11.9 Å². The largest absolute Gasteiger partial charge is 0.478 e. The molecule has 5 atom stereocenters. The van der Waals surface area contributed by atoms with Crippen LogP contribution in [-0.2, 0) is 49.5 Å². The van der Waals surface area contributed by atoms with Gasteiger partial charge in [-0.05, 0) is 74.3 Å². The Balaban J connectivity index is 1.54. The molecule has 7 N–H and O–H groups in total. The van der Waals surface area contributed by atoms with E-state index in [1.807, 2.05) is 0 Å². The number of rotatable bonds is 19. The second-order valence-corrected chi connectivity index (χ2v) is 17.6. The number of aromatic nitrogens is 1. The number of nitrogens with zero attached hydrogens (tertiary/aromatic N) is 2. The number of primary amides is 1. The molecule has 1 saturated heterocycles. The molecule has 3 fully saturated rings. The number of nitrogens with two attached hydrogens (primary N) is 1. The number of amides is 6. The highest BCUT2D eigenvalue weighted by molar-refractivity contribution is 6.02. The van der Waals surface area contributed by atoms with Crippen LogP contribution < -0.4 is 27.0 Å². The smallest absolute Gasteiger partial charge is 0.337 e. The molecule has 2 aliphatic carbocycles. The fourth-order valence-corrected chi connectivity index (χ4v) is 8.49. The van der Waals surface area contributed by atoms with Crippen LogP contribution in [0.4, 0.5) is 0 Å². The Morgan fingerprint density at radius 1 is 0.887 bits per heavy atom. The van der Waals surface area contributed by atoms with E-state index in [-0.39, 0.29) is 55.3 Å². The Labute approximate surface area is 362 Å². The zero-order valence-electron chi connectivity index (χ0n) is 36.2. The highest BCUT2D eigenvalue weighted by atomic mass is 16.5. The number of likely N-dealkylation sites (tertiary alicyclic amines) is 1. The second kappa shape index (κ2) is 23.0. The lowest BCUT2D eigenvalue weighted by Gasteiger charge is -2.37. The van der Waals surface area contributed by atoms with Crippen molar-refractivity contribution in [1.82, 2.24) is 31.2 Å². The van der Waals surface area contributed by atoms with Gasteiger partial charge in [-0.25, -0.2) is 9.59 Å². The molecule has 2 heterocycles. The predicted octanol–water partition coefficient (Wildman–Crippen LogP) is 2.02. The number of esters is 1. The van der Waals surface area contributed by atoms with Crippen LogP contribution in [0.5, 0.6) is 0 Å². The average molecular weight is 866 g/mol. The number of allylic oxidation sites excluding steroid dienone is 1. The highest BCUT2D eigenvalue weighted by Gasteiger charge is 2.46. The van der Waals surface area contributed by atoms with E-state index in [1.165, 1.54) is 24.4 Å². The third-order valence-corrected chi connectivity index (χ3v) is 11.8. The average Bonchev–Trinajstić information content (AvgIpc) is 3.63. The van der Waals surface area contributed by atoms with Crippen LogP contribution in [0.15, 0.2) is 30.6 Å². The first-order valence-corrected chi connectivity index (χ1v) is 21.7. The molecule has 2 saturated carbocycles. The molecule has 1 aromatic heterocycles. The van der Waals surface area contributed by atoms with E-state index in [1.54, 1.807) is 27.7 Å². The first-order chi connectivity index (χ1) is 29.4. The van der Waals surface area contributed by atoms with Crippen LogP contribution in [-0.4, -0.2) is 112 Å². The van der Waals surface area contributed by atoms with Gasteiger partial charge in [-0.15, -0.1) is 0 Å². The number of hydrogen-bond donors (Lipinski definition) is 6. The molecule has 0 aromatic carbocycles. The number of pyridine rings is 1. The Kier molecular flexibility index (Phi) is 18.1. The van der Waals surface area contributed by atoms with Crippen molar-refractivity contribution < 1.29 is 53.0 Å². The summed E-state index contributed by atoms with van der Waals surface area (Å²) in [5.74, 6) is -6.68. The normalized spacial score (nSPS) is 19.5. The number of ether oxygens (including phenoxy) is 1. The van der Waals surface area contributed by atoms with E-state index in [0.29, 0.717) is 12.8 Å². The van der Waals surface area contributed by atoms with Crippen molar-refractivity contribution in [1.29, 1.82) is 0 Å². The summed E-state index contributed by atoms with van der Waals surface area (Å²) in [6.45, 7) is 6.44. The van der Waals surface area contributed by atoms with Gasteiger partial charge in [0.25, 0.3) is 0 Å². The maximum absolute atomic E-state index is 14.5. The van der Waals surface area contributed by atoms with Crippen LogP contribution in [0.1, 0.15) is 127 Å². The molecule has 6 amide bonds. The fraction of sp³-hybridized carbons (Fsp3) is 0.636. The maximum Gasteiger partial charge on any atom is 0.337 e. The van der Waals surface area contributed by atoms with Crippen molar-refractivity contribution in [2.45, 2.75) is 148 Å². The number of aromatic carboxylic acids is 1. The number of hydrogen-bond acceptors (Lipinski definition) is 11. The van der Waals surface area contributed by atoms with Crippen molar-refractivity contribution in [2.24, 2.45) is 23.0 Å². The lowest BCUT2D eigenvalue weighted by molar-refractivity contribution is -0.145. The molecular formula is C44H63N7O11. The Morgan fingerprint density at radius 3 is 2.10 bits per heavy atom. The lowest BCUT2D eigenvalue weighted by atomic mass is 9.81. The summed E-state index contributed by atoms with van der Waals surface area (Å²) < 4.78 is 4.91. The van der Waals surface area contributed by atoms with Gasteiger partial charge in [0.1, 0.15) is 30.2 Å². The number of nitrogens with one attached hydrogen (secondary N) is 4. The standard InChI is InChI=1S/C44H63N7O11/c1-5-62-34(54)19-13-12-18-31(47-33(53)21-26-20-29(43(60)61)24-46-23-26)39(56)50-37(44(2,3)4)42(59)51-25-30(52)22-32(51)40(57)49-36(28-16-10-7-11-17-28)41(58)48-35(38(45)55)27-14-8-6-9-15-27/h13,19-20,23-24,27-28,31-32,35-37H,5-12,14-18,21-22,25H2,1-4H3,(H2,45,55)(H,47,53)(H,48,58)(H,49,57)(H,50,56)(H,60,61)/b19-13+/t31-,32-,35-,36-,37+/m0/s1. The number of Topliss-reactive ketones (excluding diaryl/α,β-unsaturated/α-hetero) is 1. The predicted molar refractivity (Wildman–Crippen MR) is 225 cm³/mol. The minimum atomic E-state index is -1.31. The third-order valence-electron chi connectivity index (χ3n) is 11.8. The third kappa shape index (κ3) is 14.2. The lowest BCUT2D eigenvalue weighted by Crippen LogP contribution is -2.62. The molecule has 0 bridgehead atoms. The van der Waals surface area contributed by atoms with Crippen LogP contribution in [0, 0.1) is 17.3 Å². The topological polar surface area (TPSA) is 273 Å². The number of carbonyl (C=O) groups excluding carboxylic acids is 8. The molecule has 0 spiro atoms. The van der Waals surface area contributed by atoms with Gasteiger partial charge in [0.05, 0.1) is 25.1 Å². The summed E-state index contributed by atoms with van der Waals surface area (Å²) in [5, 5.41) is 20.4. The highest BCUT2D eigenvalue weighted by Crippen LogP contribution is 2.30. The Hall–Kier alpha value is -5.68. The van der Waals surface area contributed by atoms with Gasteiger partial charge in [0.15, 0.2) is 5.78 Å². The molecule has 18 heteroatoms. The number of carbonyl (C=O) groups is 9. The van der Waals surface area contributed by atoms with Crippen molar-refractivity contribution in [3.8, 4) is 0 Å². The van der Waals surface area contributed by atoms with Crippen molar-refractivity contribution in [2.75, 3.05) is 13.2 Å². The van der Waals surface area contributed by atoms with Crippen molar-refractivity contribution in [3.05, 3.63) is 41.7 Å². The van der Waals surface area contributed by atoms with E-state index in [0.717, 1.165) is 62.5 Å². The van der Waals surface area contributed by atoms with E-state index in [9.17, 15) is 48.3 Å². The van der Waals surface area contributed by atoms with Crippen LogP contribution in [0.25, 0.3) is 0 Å². The summed E-state index contributed by atoms with van der Waals surface area (Å²) in [6.07, 6.45) is 12.8. The van der Waals surface area contributed by atoms with Crippen LogP contribution in [0.3, 0.4) is 0 Å². The molecule has 0 unspecified atom stereocenters. The van der Waals surface area contributed by atoms with Gasteiger partial charge in [0.2, 0.25) is 35.4 Å². The van der Waals surface area contributed by atoms with Gasteiger partial charge in [-0.3, -0.25) is 38.5 Å². The molecule has 62 heavy (non-hydrogen) atoms. The van der Waals surface area contributed by atoms with E-state index >= 15 is 0 Å². The first kappa shape index (κ1) is 49.0. The fourth-order valence-electron chi connectivity index (χ4n) is 8.49. The summed E-state index contributed by atoms with van der Waals surface area (Å²) in [5.41, 5.74) is 4.93. The van der Waals surface area contributed by atoms with Gasteiger partial charge in [-0.1, -0.05) is 65.4 Å². The molecular weight excluding hydrogens is 803 g/mol. The zero-order valence-corrected chi connectivity index (χ0v) is 36.2. The Bertz CT molecular complexity index is 1850. The monoisotopic (exact) mass is 865 g/mol. The first-order valence-electron chi connectivity index (χ1n) is 21.7. The molecule has 18 nitrogen and oxygen atoms in total. The molecule has 1 aromatic rings. The summed E-state index contributed by atoms with van der Waals surface area (Å²) in [6, 6.07) is -4.55. The summed E-state index contributed by atoms with van der Waals surface area (Å²) in [7, 11) is 0. The van der Waals surface area contributed by atoms with Crippen LogP contribution in [0.2, 0.25) is 0 Å². The van der Waals surface area contributed by atoms with Gasteiger partial charge in [-0.2, -0.15) is 0 Å². The number of carboxylic acid groups (broad SMARTS) is 1. The van der Waals surface area contributed by atoms with Crippen LogP contribution >= 0.6 is 0 Å². The molecule has 3 aliphatic rings. The molecule has 1 aliphatic heterocycles. The Morgan fingerprint density at radius 2 is 1.52 bits per heavy atom. The van der Waals surface area contributed by atoms with E-state index in [2.05, 4.69) is 26.3 Å². The molecule has 4 rings (SSSR count). The number of ketones is 1. The SMILES string of the molecule is CCOC(=O)/C=C/CC[C@H](NC(=O)Cc1cncc(C(=O)O)c1)C(=O)N[C@H](C(=O)N1CC(=O)C[C@H]1C(=O)N[C@H](C(=O)N[C@H](C(N)=O)C1CCCCC1)C1CCCCC1)C(C)(C)C. The molecule has 0 radical (unpaired) electrons. The minimum Gasteiger partial charge on any atom is -0.478 e. The van der Waals surface area contributed by atoms with Gasteiger partial charge in [0, 0.05) is 24.9 Å².